The predicted octanol–water partition coefficient (Wildman–Crippen LogP) is 4.72. The molecule has 3 heterocycles. The fourth-order valence-electron chi connectivity index (χ4n) is 4.30. The van der Waals surface area contributed by atoms with E-state index in [9.17, 15) is 14.0 Å². The first-order chi connectivity index (χ1) is 18.5. The first-order valence-corrected chi connectivity index (χ1v) is 12.1. The molecule has 0 atom stereocenters. The Morgan fingerprint density at radius 3 is 2.53 bits per heavy atom. The van der Waals surface area contributed by atoms with E-state index >= 15 is 0 Å². The zero-order valence-corrected chi connectivity index (χ0v) is 20.9. The number of hydrogen-bond acceptors (Lipinski definition) is 7. The number of esters is 1. The van der Waals surface area contributed by atoms with Gasteiger partial charge in [0.25, 0.3) is 5.56 Å². The van der Waals surface area contributed by atoms with Crippen molar-refractivity contribution in [3.63, 3.8) is 0 Å². The molecule has 2 aromatic heterocycles. The molecular weight excluding hydrogens is 491 g/mol. The first kappa shape index (κ1) is 25.2. The Morgan fingerprint density at radius 1 is 1.05 bits per heavy atom. The molecule has 0 N–H and O–H groups in total. The molecular formula is C29H25FN2O6. The van der Waals surface area contributed by atoms with Gasteiger partial charge in [0, 0.05) is 25.3 Å². The number of hydrogen-bond donors (Lipinski definition) is 0. The highest BCUT2D eigenvalue weighted by Crippen LogP contribution is 2.39. The maximum atomic E-state index is 13.8. The van der Waals surface area contributed by atoms with Crippen LogP contribution in [0.25, 0.3) is 17.2 Å². The van der Waals surface area contributed by atoms with E-state index in [1.165, 1.54) is 30.0 Å². The summed E-state index contributed by atoms with van der Waals surface area (Å²) in [4.78, 5) is 31.4. The van der Waals surface area contributed by atoms with E-state index in [1.54, 1.807) is 25.3 Å². The number of ether oxygens (including phenoxy) is 4. The van der Waals surface area contributed by atoms with E-state index in [0.29, 0.717) is 29.0 Å². The lowest BCUT2D eigenvalue weighted by molar-refractivity contribution is 0.0519. The predicted molar refractivity (Wildman–Crippen MR) is 139 cm³/mol. The van der Waals surface area contributed by atoms with E-state index in [0.717, 1.165) is 11.1 Å². The van der Waals surface area contributed by atoms with Crippen LogP contribution >= 0.6 is 0 Å². The highest BCUT2D eigenvalue weighted by atomic mass is 19.1. The average Bonchev–Trinajstić information content (AvgIpc) is 2.92. The molecule has 0 amide bonds. The maximum Gasteiger partial charge on any atom is 0.347 e. The van der Waals surface area contributed by atoms with E-state index in [4.69, 9.17) is 18.9 Å². The van der Waals surface area contributed by atoms with Crippen LogP contribution in [0.1, 0.15) is 34.0 Å². The Hall–Kier alpha value is -4.50. The van der Waals surface area contributed by atoms with Crippen molar-refractivity contribution < 1.29 is 28.1 Å². The molecule has 2 aromatic carbocycles. The van der Waals surface area contributed by atoms with Crippen molar-refractivity contribution in [2.24, 2.45) is 0 Å². The van der Waals surface area contributed by atoms with Crippen molar-refractivity contribution in [1.82, 2.24) is 9.55 Å². The number of carbonyl (C=O) groups is 1. The van der Waals surface area contributed by atoms with Crippen molar-refractivity contribution in [1.29, 1.82) is 0 Å². The van der Waals surface area contributed by atoms with Crippen LogP contribution in [0.15, 0.2) is 71.3 Å². The summed E-state index contributed by atoms with van der Waals surface area (Å²) in [5, 5.41) is 0. The smallest absolute Gasteiger partial charge is 0.347 e. The van der Waals surface area contributed by atoms with Crippen molar-refractivity contribution in [2.45, 2.75) is 20.0 Å². The Labute approximate surface area is 217 Å². The van der Waals surface area contributed by atoms with Gasteiger partial charge in [-0.3, -0.25) is 14.3 Å². The van der Waals surface area contributed by atoms with Crippen LogP contribution < -0.4 is 15.0 Å². The van der Waals surface area contributed by atoms with Gasteiger partial charge in [0.2, 0.25) is 0 Å². The second-order valence-electron chi connectivity index (χ2n) is 8.62. The number of benzene rings is 2. The number of halogens is 1. The molecule has 0 radical (unpaired) electrons. The minimum absolute atomic E-state index is 0.0188. The van der Waals surface area contributed by atoms with Crippen LogP contribution in [-0.4, -0.2) is 35.8 Å². The zero-order chi connectivity index (χ0) is 26.6. The second kappa shape index (κ2) is 10.9. The van der Waals surface area contributed by atoms with Crippen LogP contribution in [0, 0.1) is 5.82 Å². The highest BCUT2D eigenvalue weighted by Gasteiger charge is 2.30. The van der Waals surface area contributed by atoms with Gasteiger partial charge in [0.05, 0.1) is 12.8 Å². The van der Waals surface area contributed by atoms with E-state index in [1.807, 2.05) is 30.3 Å². The number of methoxy groups -OCH3 is 1. The van der Waals surface area contributed by atoms with Gasteiger partial charge in [-0.25, -0.2) is 9.18 Å². The summed E-state index contributed by atoms with van der Waals surface area (Å²) >= 11 is 0. The molecule has 0 saturated heterocycles. The van der Waals surface area contributed by atoms with E-state index in [-0.39, 0.29) is 42.5 Å². The molecule has 194 valence electrons. The molecule has 1 aliphatic rings. The SMILES string of the molecule is CCOC(=O)c1c(OCc2ccccc2)c2ncc(Cc3ccc(F)cc3)c3c2n(c1=O)C=C(COC)O3. The van der Waals surface area contributed by atoms with Crippen LogP contribution in [0.2, 0.25) is 0 Å². The van der Waals surface area contributed by atoms with Crippen LogP contribution in [0.4, 0.5) is 4.39 Å². The minimum atomic E-state index is -0.807. The third-order valence-electron chi connectivity index (χ3n) is 6.00. The number of rotatable bonds is 9. The van der Waals surface area contributed by atoms with Gasteiger partial charge in [0.15, 0.2) is 17.1 Å². The van der Waals surface area contributed by atoms with Gasteiger partial charge in [-0.1, -0.05) is 42.5 Å². The minimum Gasteiger partial charge on any atom is -0.485 e. The largest absolute Gasteiger partial charge is 0.485 e. The fraction of sp³-hybridized carbons (Fsp3) is 0.207. The van der Waals surface area contributed by atoms with Crippen LogP contribution in [-0.2, 0) is 22.5 Å². The molecule has 8 nitrogen and oxygen atoms in total. The fourth-order valence-corrected chi connectivity index (χ4v) is 4.30. The standard InChI is InChI=1S/C29H25FN2O6/c1-3-36-29(34)23-27(37-16-19-7-5-4-6-8-19)24-25-26(38-22(17-35-2)15-32(25)28(23)33)20(14-31-24)13-18-9-11-21(30)12-10-18/h4-12,14-15H,3,13,16-17H2,1-2H3. The molecule has 5 rings (SSSR count). The number of nitrogens with zero attached hydrogens (tertiary/aromatic N) is 2. The first-order valence-electron chi connectivity index (χ1n) is 12.1. The molecule has 0 unspecified atom stereocenters. The zero-order valence-electron chi connectivity index (χ0n) is 20.9. The van der Waals surface area contributed by atoms with Gasteiger partial charge in [-0.15, -0.1) is 0 Å². The van der Waals surface area contributed by atoms with Gasteiger partial charge in [-0.05, 0) is 30.2 Å². The molecule has 9 heteroatoms. The lowest BCUT2D eigenvalue weighted by Gasteiger charge is -2.24. The third-order valence-corrected chi connectivity index (χ3v) is 6.00. The number of carbonyl (C=O) groups excluding carboxylic acids is 1. The Bertz CT molecular complexity index is 1580. The molecule has 1 aliphatic heterocycles. The number of aromatic nitrogens is 2. The lowest BCUT2D eigenvalue weighted by Crippen LogP contribution is -2.29. The second-order valence-corrected chi connectivity index (χ2v) is 8.62. The van der Waals surface area contributed by atoms with E-state index in [2.05, 4.69) is 4.98 Å². The third kappa shape index (κ3) is 4.88. The molecule has 0 aliphatic carbocycles. The normalized spacial score (nSPS) is 12.1. The van der Waals surface area contributed by atoms with Crippen molar-refractivity contribution in [2.75, 3.05) is 20.3 Å². The Kier molecular flexibility index (Phi) is 7.19. The highest BCUT2D eigenvalue weighted by molar-refractivity contribution is 6.01. The van der Waals surface area contributed by atoms with Crippen LogP contribution in [0.3, 0.4) is 0 Å². The summed E-state index contributed by atoms with van der Waals surface area (Å²) in [6.07, 6.45) is 3.46. The van der Waals surface area contributed by atoms with Gasteiger partial charge in [0.1, 0.15) is 35.8 Å². The molecule has 4 aromatic rings. The summed E-state index contributed by atoms with van der Waals surface area (Å²) in [5.41, 5.74) is 2.08. The topological polar surface area (TPSA) is 88.9 Å². The molecule has 38 heavy (non-hydrogen) atoms. The van der Waals surface area contributed by atoms with E-state index < -0.39 is 11.5 Å². The molecule has 0 fully saturated rings. The summed E-state index contributed by atoms with van der Waals surface area (Å²) in [5.74, 6) is -0.383. The van der Waals surface area contributed by atoms with Gasteiger partial charge >= 0.3 is 5.97 Å². The number of pyridine rings is 2. The molecule has 0 saturated carbocycles. The molecule has 0 spiro atoms. The quantitative estimate of drug-likeness (QED) is 0.298. The average molecular weight is 517 g/mol. The van der Waals surface area contributed by atoms with Crippen molar-refractivity contribution >= 4 is 23.2 Å². The Morgan fingerprint density at radius 2 is 1.82 bits per heavy atom. The summed E-state index contributed by atoms with van der Waals surface area (Å²) < 4.78 is 37.5. The molecule has 0 bridgehead atoms. The summed E-state index contributed by atoms with van der Waals surface area (Å²) in [7, 11) is 1.51. The summed E-state index contributed by atoms with van der Waals surface area (Å²) in [6.45, 7) is 1.93. The summed E-state index contributed by atoms with van der Waals surface area (Å²) in [6, 6.07) is 15.5. The lowest BCUT2D eigenvalue weighted by atomic mass is 10.0. The van der Waals surface area contributed by atoms with Gasteiger partial charge in [-0.2, -0.15) is 0 Å². The van der Waals surface area contributed by atoms with Crippen molar-refractivity contribution in [3.8, 4) is 11.5 Å². The maximum absolute atomic E-state index is 13.8. The monoisotopic (exact) mass is 516 g/mol. The van der Waals surface area contributed by atoms with Crippen molar-refractivity contribution in [3.05, 3.63) is 105 Å². The van der Waals surface area contributed by atoms with Crippen LogP contribution in [0.5, 0.6) is 11.5 Å². The Balaban J connectivity index is 1.72. The van der Waals surface area contributed by atoms with Gasteiger partial charge < -0.3 is 18.9 Å².